The monoisotopic (exact) mass is 353 g/mol. The Kier molecular flexibility index (Phi) is 6.27. The number of rotatable bonds is 7. The summed E-state index contributed by atoms with van der Waals surface area (Å²) in [6, 6.07) is 11.7. The summed E-state index contributed by atoms with van der Waals surface area (Å²) >= 11 is 0. The second-order valence-corrected chi connectivity index (χ2v) is 5.17. The Bertz CT molecular complexity index is 717. The maximum absolute atomic E-state index is 12.6. The summed E-state index contributed by atoms with van der Waals surface area (Å²) in [6.45, 7) is 2.32. The number of nitrogens with one attached hydrogen (secondary N) is 1. The highest BCUT2D eigenvalue weighted by molar-refractivity contribution is 5.77. The zero-order chi connectivity index (χ0) is 18.3. The normalized spacial score (nSPS) is 11.0. The highest BCUT2D eigenvalue weighted by Gasteiger charge is 2.30. The molecule has 0 aliphatic carbocycles. The average Bonchev–Trinajstić information content (AvgIpc) is 2.58. The van der Waals surface area contributed by atoms with Crippen molar-refractivity contribution in [3.05, 3.63) is 59.7 Å². The van der Waals surface area contributed by atoms with Gasteiger partial charge in [0.15, 0.2) is 6.61 Å². The van der Waals surface area contributed by atoms with Crippen molar-refractivity contribution in [2.24, 2.45) is 0 Å². The second kappa shape index (κ2) is 8.41. The molecule has 4 nitrogen and oxygen atoms in total. The van der Waals surface area contributed by atoms with Gasteiger partial charge in [0, 0.05) is 6.54 Å². The lowest BCUT2D eigenvalue weighted by Crippen LogP contribution is -2.28. The van der Waals surface area contributed by atoms with E-state index in [1.807, 2.05) is 25.1 Å². The number of carbonyl (C=O) groups is 1. The molecule has 1 amide bonds. The number of alkyl halides is 3. The maximum Gasteiger partial charge on any atom is 0.416 e. The Hall–Kier alpha value is -2.70. The van der Waals surface area contributed by atoms with Crippen LogP contribution >= 0.6 is 0 Å². The molecule has 2 aromatic rings. The average molecular weight is 353 g/mol. The molecule has 2 rings (SSSR count). The minimum atomic E-state index is -4.45. The van der Waals surface area contributed by atoms with Gasteiger partial charge < -0.3 is 14.8 Å². The summed E-state index contributed by atoms with van der Waals surface area (Å²) in [5.41, 5.74) is 0.0246. The van der Waals surface area contributed by atoms with Gasteiger partial charge in [0.1, 0.15) is 11.5 Å². The van der Waals surface area contributed by atoms with Crippen molar-refractivity contribution >= 4 is 5.91 Å². The van der Waals surface area contributed by atoms with Crippen LogP contribution in [0.4, 0.5) is 13.2 Å². The van der Waals surface area contributed by atoms with E-state index in [1.165, 1.54) is 12.1 Å². The fraction of sp³-hybridized carbons (Fsp3) is 0.278. The number of carbonyl (C=O) groups excluding carboxylic acids is 1. The van der Waals surface area contributed by atoms with E-state index in [1.54, 1.807) is 6.07 Å². The number of amides is 1. The number of hydrogen-bond donors (Lipinski definition) is 1. The molecule has 0 saturated heterocycles. The van der Waals surface area contributed by atoms with Gasteiger partial charge in [0.05, 0.1) is 12.2 Å². The Labute approximate surface area is 143 Å². The molecule has 134 valence electrons. The first kappa shape index (κ1) is 18.6. The van der Waals surface area contributed by atoms with Crippen LogP contribution in [-0.4, -0.2) is 19.1 Å². The minimum Gasteiger partial charge on any atom is -0.494 e. The highest BCUT2D eigenvalue weighted by Crippen LogP contribution is 2.31. The minimum absolute atomic E-state index is 0.0108. The van der Waals surface area contributed by atoms with Crippen molar-refractivity contribution in [2.75, 3.05) is 13.2 Å². The van der Waals surface area contributed by atoms with Crippen LogP contribution in [0.5, 0.6) is 11.5 Å². The predicted molar refractivity (Wildman–Crippen MR) is 86.4 cm³/mol. The first-order chi connectivity index (χ1) is 11.9. The van der Waals surface area contributed by atoms with E-state index in [0.29, 0.717) is 12.4 Å². The van der Waals surface area contributed by atoms with Crippen LogP contribution in [0, 0.1) is 0 Å². The SMILES string of the molecule is CCOc1cccc(CNC(=O)COc2cccc(C(F)(F)F)c2)c1. The van der Waals surface area contributed by atoms with E-state index >= 15 is 0 Å². The molecule has 0 bridgehead atoms. The lowest BCUT2D eigenvalue weighted by atomic mass is 10.2. The molecule has 25 heavy (non-hydrogen) atoms. The summed E-state index contributed by atoms with van der Waals surface area (Å²) in [5.74, 6) is 0.261. The van der Waals surface area contributed by atoms with Gasteiger partial charge in [0.25, 0.3) is 5.91 Å². The van der Waals surface area contributed by atoms with Crippen molar-refractivity contribution in [2.45, 2.75) is 19.6 Å². The van der Waals surface area contributed by atoms with Gasteiger partial charge in [-0.15, -0.1) is 0 Å². The van der Waals surface area contributed by atoms with Crippen LogP contribution in [0.2, 0.25) is 0 Å². The van der Waals surface area contributed by atoms with Crippen LogP contribution in [0.25, 0.3) is 0 Å². The second-order valence-electron chi connectivity index (χ2n) is 5.17. The van der Waals surface area contributed by atoms with Crippen LogP contribution < -0.4 is 14.8 Å². The Morgan fingerprint density at radius 2 is 1.72 bits per heavy atom. The van der Waals surface area contributed by atoms with Gasteiger partial charge in [-0.2, -0.15) is 13.2 Å². The molecule has 0 saturated carbocycles. The molecule has 1 N–H and O–H groups in total. The molecule has 0 aliphatic heterocycles. The van der Waals surface area contributed by atoms with E-state index < -0.39 is 17.6 Å². The van der Waals surface area contributed by atoms with Crippen LogP contribution in [-0.2, 0) is 17.5 Å². The molecule has 0 unspecified atom stereocenters. The van der Waals surface area contributed by atoms with Gasteiger partial charge in [-0.3, -0.25) is 4.79 Å². The molecule has 7 heteroatoms. The fourth-order valence-corrected chi connectivity index (χ4v) is 2.07. The summed E-state index contributed by atoms with van der Waals surface area (Å²) < 4.78 is 48.3. The van der Waals surface area contributed by atoms with Gasteiger partial charge >= 0.3 is 6.18 Å². The molecule has 0 radical (unpaired) electrons. The van der Waals surface area contributed by atoms with E-state index in [9.17, 15) is 18.0 Å². The summed E-state index contributed by atoms with van der Waals surface area (Å²) in [6.07, 6.45) is -4.45. The molecular formula is C18H18F3NO3. The molecular weight excluding hydrogens is 335 g/mol. The summed E-state index contributed by atoms with van der Waals surface area (Å²) in [7, 11) is 0. The fourth-order valence-electron chi connectivity index (χ4n) is 2.07. The Morgan fingerprint density at radius 3 is 2.40 bits per heavy atom. The van der Waals surface area contributed by atoms with Crippen LogP contribution in [0.1, 0.15) is 18.1 Å². The van der Waals surface area contributed by atoms with Gasteiger partial charge in [-0.25, -0.2) is 0 Å². The molecule has 0 spiro atoms. The van der Waals surface area contributed by atoms with Gasteiger partial charge in [0.2, 0.25) is 0 Å². The van der Waals surface area contributed by atoms with E-state index in [-0.39, 0.29) is 18.9 Å². The molecule has 0 fully saturated rings. The van der Waals surface area contributed by atoms with Gasteiger partial charge in [-0.1, -0.05) is 18.2 Å². The third kappa shape index (κ3) is 6.02. The summed E-state index contributed by atoms with van der Waals surface area (Å²) in [5, 5.41) is 2.64. The summed E-state index contributed by atoms with van der Waals surface area (Å²) in [4.78, 5) is 11.8. The van der Waals surface area contributed by atoms with Crippen molar-refractivity contribution in [3.8, 4) is 11.5 Å². The molecule has 0 aromatic heterocycles. The molecule has 2 aromatic carbocycles. The van der Waals surface area contributed by atoms with E-state index in [4.69, 9.17) is 9.47 Å². The van der Waals surface area contributed by atoms with E-state index in [2.05, 4.69) is 5.32 Å². The third-order valence-electron chi connectivity index (χ3n) is 3.23. The first-order valence-electron chi connectivity index (χ1n) is 7.67. The maximum atomic E-state index is 12.6. The van der Waals surface area contributed by atoms with Crippen molar-refractivity contribution < 1.29 is 27.4 Å². The van der Waals surface area contributed by atoms with Crippen molar-refractivity contribution in [1.82, 2.24) is 5.32 Å². The standard InChI is InChI=1S/C18H18F3NO3/c1-2-24-15-7-3-5-13(9-15)11-22-17(23)12-25-16-8-4-6-14(10-16)18(19,20)21/h3-10H,2,11-12H2,1H3,(H,22,23). The molecule has 0 aliphatic rings. The van der Waals surface area contributed by atoms with Crippen LogP contribution in [0.3, 0.4) is 0 Å². The highest BCUT2D eigenvalue weighted by atomic mass is 19.4. The predicted octanol–water partition coefficient (Wildman–Crippen LogP) is 3.80. The van der Waals surface area contributed by atoms with Crippen molar-refractivity contribution in [3.63, 3.8) is 0 Å². The quantitative estimate of drug-likeness (QED) is 0.824. The number of benzene rings is 2. The van der Waals surface area contributed by atoms with Crippen LogP contribution in [0.15, 0.2) is 48.5 Å². The van der Waals surface area contributed by atoms with Gasteiger partial charge in [-0.05, 0) is 42.8 Å². The number of ether oxygens (including phenoxy) is 2. The zero-order valence-electron chi connectivity index (χ0n) is 13.6. The lowest BCUT2D eigenvalue weighted by Gasteiger charge is -2.11. The van der Waals surface area contributed by atoms with E-state index in [0.717, 1.165) is 17.7 Å². The first-order valence-corrected chi connectivity index (χ1v) is 7.67. The Morgan fingerprint density at radius 1 is 1.04 bits per heavy atom. The number of halogens is 3. The topological polar surface area (TPSA) is 47.6 Å². The lowest BCUT2D eigenvalue weighted by molar-refractivity contribution is -0.137. The molecule has 0 heterocycles. The van der Waals surface area contributed by atoms with Crippen molar-refractivity contribution in [1.29, 1.82) is 0 Å². The third-order valence-corrected chi connectivity index (χ3v) is 3.23. The number of hydrogen-bond acceptors (Lipinski definition) is 3. The largest absolute Gasteiger partial charge is 0.494 e. The molecule has 0 atom stereocenters. The smallest absolute Gasteiger partial charge is 0.416 e. The Balaban J connectivity index is 1.84. The zero-order valence-corrected chi connectivity index (χ0v) is 13.6.